The zero-order valence-electron chi connectivity index (χ0n) is 19.9. The smallest absolute Gasteiger partial charge is 0.243 e. The molecule has 2 aliphatic heterocycles. The van der Waals surface area contributed by atoms with E-state index in [2.05, 4.69) is 6.92 Å². The minimum atomic E-state index is -3.65. The highest BCUT2D eigenvalue weighted by Crippen LogP contribution is 2.32. The van der Waals surface area contributed by atoms with Gasteiger partial charge in [-0.25, -0.2) is 8.42 Å². The van der Waals surface area contributed by atoms with Crippen LogP contribution in [0.3, 0.4) is 0 Å². The van der Waals surface area contributed by atoms with Crippen LogP contribution in [-0.2, 0) is 32.6 Å². The Bertz CT molecular complexity index is 1140. The standard InChI is InChI=1S/C26H33N3O4S/c1-20-12-15-28(16-13-20)25(30)10-11-26(31)29-17-14-22-18-23(8-9-24(22)29)34(32,33)27(2)19-21-6-4-3-5-7-21/h3-9,18,20H,10-17,19H2,1-2H3. The lowest BCUT2D eigenvalue weighted by molar-refractivity contribution is -0.134. The van der Waals surface area contributed by atoms with Gasteiger partial charge in [-0.1, -0.05) is 37.3 Å². The van der Waals surface area contributed by atoms with Crippen LogP contribution >= 0.6 is 0 Å². The van der Waals surface area contributed by atoms with Crippen molar-refractivity contribution in [2.75, 3.05) is 31.6 Å². The fourth-order valence-electron chi connectivity index (χ4n) is 4.67. The first-order valence-corrected chi connectivity index (χ1v) is 13.4. The lowest BCUT2D eigenvalue weighted by atomic mass is 9.99. The molecule has 8 heteroatoms. The molecule has 0 bridgehead atoms. The number of nitrogens with zero attached hydrogens (tertiary/aromatic N) is 3. The predicted molar refractivity (Wildman–Crippen MR) is 132 cm³/mol. The van der Waals surface area contributed by atoms with E-state index >= 15 is 0 Å². The third-order valence-electron chi connectivity index (χ3n) is 6.89. The predicted octanol–water partition coefficient (Wildman–Crippen LogP) is 3.44. The third-order valence-corrected chi connectivity index (χ3v) is 8.69. The molecule has 0 aliphatic carbocycles. The van der Waals surface area contributed by atoms with E-state index in [1.807, 2.05) is 35.2 Å². The fourth-order valence-corrected chi connectivity index (χ4v) is 5.88. The van der Waals surface area contributed by atoms with Gasteiger partial charge in [-0.3, -0.25) is 9.59 Å². The van der Waals surface area contributed by atoms with Gasteiger partial charge in [-0.15, -0.1) is 0 Å². The molecule has 1 saturated heterocycles. The Kier molecular flexibility index (Phi) is 7.38. The van der Waals surface area contributed by atoms with E-state index in [1.165, 1.54) is 4.31 Å². The molecule has 1 fully saturated rings. The average molecular weight is 484 g/mol. The minimum Gasteiger partial charge on any atom is -0.343 e. The summed E-state index contributed by atoms with van der Waals surface area (Å²) in [5.41, 5.74) is 2.51. The molecule has 0 aromatic heterocycles. The molecule has 0 unspecified atom stereocenters. The number of amides is 2. The van der Waals surface area contributed by atoms with Crippen molar-refractivity contribution in [3.05, 3.63) is 59.7 Å². The quantitative estimate of drug-likeness (QED) is 0.605. The van der Waals surface area contributed by atoms with E-state index < -0.39 is 10.0 Å². The maximum Gasteiger partial charge on any atom is 0.243 e. The van der Waals surface area contributed by atoms with Gasteiger partial charge < -0.3 is 9.80 Å². The summed E-state index contributed by atoms with van der Waals surface area (Å²) in [6.07, 6.45) is 3.03. The van der Waals surface area contributed by atoms with Crippen molar-refractivity contribution in [2.45, 2.75) is 50.5 Å². The van der Waals surface area contributed by atoms with Crippen molar-refractivity contribution >= 4 is 27.5 Å². The van der Waals surface area contributed by atoms with Gasteiger partial charge in [0.2, 0.25) is 21.8 Å². The van der Waals surface area contributed by atoms with Gasteiger partial charge in [0.1, 0.15) is 0 Å². The van der Waals surface area contributed by atoms with Crippen molar-refractivity contribution in [3.8, 4) is 0 Å². The summed E-state index contributed by atoms with van der Waals surface area (Å²) in [6, 6.07) is 14.4. The number of carbonyl (C=O) groups is 2. The van der Waals surface area contributed by atoms with Crippen LogP contribution in [0.15, 0.2) is 53.4 Å². The molecule has 0 atom stereocenters. The number of anilines is 1. The molecule has 2 aromatic carbocycles. The molecule has 2 amide bonds. The van der Waals surface area contributed by atoms with Crippen molar-refractivity contribution in [3.63, 3.8) is 0 Å². The number of benzene rings is 2. The zero-order valence-corrected chi connectivity index (χ0v) is 20.8. The molecular weight excluding hydrogens is 450 g/mol. The van der Waals surface area contributed by atoms with Gasteiger partial charge in [0, 0.05) is 51.8 Å². The van der Waals surface area contributed by atoms with Gasteiger partial charge in [-0.05, 0) is 54.5 Å². The van der Waals surface area contributed by atoms with Crippen LogP contribution in [0.1, 0.15) is 43.7 Å². The molecule has 2 aliphatic rings. The highest BCUT2D eigenvalue weighted by Gasteiger charge is 2.29. The summed E-state index contributed by atoms with van der Waals surface area (Å²) < 4.78 is 27.5. The van der Waals surface area contributed by atoms with E-state index in [0.717, 1.165) is 42.7 Å². The summed E-state index contributed by atoms with van der Waals surface area (Å²) in [6.45, 7) is 4.54. The summed E-state index contributed by atoms with van der Waals surface area (Å²) in [5, 5.41) is 0. The normalized spacial score (nSPS) is 16.7. The number of fused-ring (bicyclic) bond motifs is 1. The first-order chi connectivity index (χ1) is 16.3. The topological polar surface area (TPSA) is 78.0 Å². The van der Waals surface area contributed by atoms with Crippen LogP contribution in [0.5, 0.6) is 0 Å². The van der Waals surface area contributed by atoms with E-state index in [9.17, 15) is 18.0 Å². The fraction of sp³-hybridized carbons (Fsp3) is 0.462. The number of hydrogen-bond acceptors (Lipinski definition) is 4. The van der Waals surface area contributed by atoms with Crippen LogP contribution in [0, 0.1) is 5.92 Å². The molecule has 7 nitrogen and oxygen atoms in total. The first kappa shape index (κ1) is 24.4. The van der Waals surface area contributed by atoms with Crippen molar-refractivity contribution in [1.82, 2.24) is 9.21 Å². The summed E-state index contributed by atoms with van der Waals surface area (Å²) in [7, 11) is -2.08. The van der Waals surface area contributed by atoms with E-state index in [-0.39, 0.29) is 36.1 Å². The third kappa shape index (κ3) is 5.33. The van der Waals surface area contributed by atoms with E-state index in [4.69, 9.17) is 0 Å². The number of hydrogen-bond donors (Lipinski definition) is 0. The molecule has 0 saturated carbocycles. The van der Waals surface area contributed by atoms with Crippen molar-refractivity contribution < 1.29 is 18.0 Å². The summed E-state index contributed by atoms with van der Waals surface area (Å²) in [4.78, 5) is 29.2. The largest absolute Gasteiger partial charge is 0.343 e. The second-order valence-electron chi connectivity index (χ2n) is 9.40. The number of likely N-dealkylation sites (tertiary alicyclic amines) is 1. The Morgan fingerprint density at radius 2 is 1.65 bits per heavy atom. The molecule has 0 radical (unpaired) electrons. The molecule has 182 valence electrons. The Hall–Kier alpha value is -2.71. The van der Waals surface area contributed by atoms with Crippen LogP contribution in [0.4, 0.5) is 5.69 Å². The molecule has 34 heavy (non-hydrogen) atoms. The second kappa shape index (κ2) is 10.3. The molecule has 2 aromatic rings. The highest BCUT2D eigenvalue weighted by atomic mass is 32.2. The Morgan fingerprint density at radius 1 is 0.971 bits per heavy atom. The maximum absolute atomic E-state index is 13.1. The zero-order chi connectivity index (χ0) is 24.3. The van der Waals surface area contributed by atoms with Gasteiger partial charge in [-0.2, -0.15) is 4.31 Å². The summed E-state index contributed by atoms with van der Waals surface area (Å²) in [5.74, 6) is 0.607. The lowest BCUT2D eigenvalue weighted by Gasteiger charge is -2.30. The average Bonchev–Trinajstić information content (AvgIpc) is 3.27. The van der Waals surface area contributed by atoms with Crippen LogP contribution < -0.4 is 4.90 Å². The van der Waals surface area contributed by atoms with Gasteiger partial charge in [0.05, 0.1) is 4.90 Å². The molecule has 2 heterocycles. The van der Waals surface area contributed by atoms with Crippen LogP contribution in [0.25, 0.3) is 0 Å². The minimum absolute atomic E-state index is 0.0440. The van der Waals surface area contributed by atoms with Crippen molar-refractivity contribution in [1.29, 1.82) is 0 Å². The lowest BCUT2D eigenvalue weighted by Crippen LogP contribution is -2.38. The maximum atomic E-state index is 13.1. The Labute approximate surface area is 202 Å². The SMILES string of the molecule is CC1CCN(C(=O)CCC(=O)N2CCc3cc(S(=O)(=O)N(C)Cc4ccccc4)ccc32)CC1. The first-order valence-electron chi connectivity index (χ1n) is 12.0. The van der Waals surface area contributed by atoms with Gasteiger partial charge >= 0.3 is 0 Å². The number of piperidine rings is 1. The number of rotatable bonds is 7. The molecular formula is C26H33N3O4S. The Balaban J connectivity index is 1.39. The Morgan fingerprint density at radius 3 is 2.35 bits per heavy atom. The molecule has 0 spiro atoms. The number of sulfonamides is 1. The van der Waals surface area contributed by atoms with Crippen LogP contribution in [-0.4, -0.2) is 56.1 Å². The summed E-state index contributed by atoms with van der Waals surface area (Å²) >= 11 is 0. The van der Waals surface area contributed by atoms with Gasteiger partial charge in [0.25, 0.3) is 0 Å². The monoisotopic (exact) mass is 483 g/mol. The van der Waals surface area contributed by atoms with Crippen LogP contribution in [0.2, 0.25) is 0 Å². The van der Waals surface area contributed by atoms with Crippen molar-refractivity contribution in [2.24, 2.45) is 5.92 Å². The number of carbonyl (C=O) groups excluding carboxylic acids is 2. The highest BCUT2D eigenvalue weighted by molar-refractivity contribution is 7.89. The van der Waals surface area contributed by atoms with E-state index in [1.54, 1.807) is 30.1 Å². The molecule has 0 N–H and O–H groups in total. The second-order valence-corrected chi connectivity index (χ2v) is 11.4. The molecule has 4 rings (SSSR count). The van der Waals surface area contributed by atoms with Gasteiger partial charge in [0.15, 0.2) is 0 Å². The van der Waals surface area contributed by atoms with E-state index in [0.29, 0.717) is 18.9 Å².